The third-order valence-corrected chi connectivity index (χ3v) is 5.54. The lowest BCUT2D eigenvalue weighted by Gasteiger charge is -2.15. The van der Waals surface area contributed by atoms with Crippen molar-refractivity contribution in [3.8, 4) is 0 Å². The Labute approximate surface area is 170 Å². The van der Waals surface area contributed by atoms with Crippen molar-refractivity contribution >= 4 is 29.2 Å². The highest BCUT2D eigenvalue weighted by Gasteiger charge is 2.30. The average molecular weight is 397 g/mol. The first-order valence-electron chi connectivity index (χ1n) is 10.1. The van der Waals surface area contributed by atoms with E-state index in [0.29, 0.717) is 12.2 Å². The first-order chi connectivity index (χ1) is 13.9. The normalized spacial score (nSPS) is 20.8. The fourth-order valence-electron chi connectivity index (χ4n) is 4.14. The van der Waals surface area contributed by atoms with Gasteiger partial charge in [0.25, 0.3) is 0 Å². The van der Waals surface area contributed by atoms with Gasteiger partial charge in [-0.15, -0.1) is 0 Å². The molecule has 1 aliphatic carbocycles. The second-order valence-corrected chi connectivity index (χ2v) is 8.11. The number of likely N-dealkylation sites (N-methyl/N-ethyl adjacent to an activating group) is 1. The molecule has 0 saturated heterocycles. The van der Waals surface area contributed by atoms with Crippen LogP contribution in [0.5, 0.6) is 0 Å². The molecule has 1 fully saturated rings. The van der Waals surface area contributed by atoms with Gasteiger partial charge in [0.05, 0.1) is 17.8 Å². The molecule has 8 nitrogen and oxygen atoms in total. The largest absolute Gasteiger partial charge is 0.446 e. The van der Waals surface area contributed by atoms with E-state index in [-0.39, 0.29) is 30.1 Å². The van der Waals surface area contributed by atoms with Gasteiger partial charge < -0.3 is 20.3 Å². The highest BCUT2D eigenvalue weighted by atomic mass is 16.6. The van der Waals surface area contributed by atoms with Crippen LogP contribution in [0.25, 0.3) is 0 Å². The molecule has 1 unspecified atom stereocenters. The summed E-state index contributed by atoms with van der Waals surface area (Å²) in [6.07, 6.45) is 2.58. The van der Waals surface area contributed by atoms with Gasteiger partial charge in [-0.1, -0.05) is 12.1 Å². The zero-order valence-corrected chi connectivity index (χ0v) is 17.0. The summed E-state index contributed by atoms with van der Waals surface area (Å²) in [5, 5.41) is 13.6. The van der Waals surface area contributed by atoms with E-state index < -0.39 is 0 Å². The van der Waals surface area contributed by atoms with Crippen molar-refractivity contribution in [2.45, 2.75) is 57.6 Å². The Hall–Kier alpha value is -3.03. The van der Waals surface area contributed by atoms with E-state index in [1.807, 2.05) is 38.1 Å². The number of aromatic nitrogens is 2. The van der Waals surface area contributed by atoms with Gasteiger partial charge in [-0.25, -0.2) is 4.79 Å². The number of nitrogens with one attached hydrogen (secondary N) is 3. The van der Waals surface area contributed by atoms with Gasteiger partial charge in [-0.2, -0.15) is 5.10 Å². The number of H-pyrrole nitrogens is 1. The fourth-order valence-corrected chi connectivity index (χ4v) is 4.14. The first-order valence-corrected chi connectivity index (χ1v) is 10.1. The Morgan fingerprint density at radius 2 is 2.17 bits per heavy atom. The van der Waals surface area contributed by atoms with Gasteiger partial charge in [0.2, 0.25) is 5.91 Å². The van der Waals surface area contributed by atoms with Gasteiger partial charge in [-0.05, 0) is 44.7 Å². The molecular weight excluding hydrogens is 370 g/mol. The number of nitrogens with zero attached hydrogens (tertiary/aromatic N) is 2. The molecule has 2 aromatic rings. The number of rotatable bonds is 5. The van der Waals surface area contributed by atoms with Gasteiger partial charge in [0.15, 0.2) is 5.82 Å². The van der Waals surface area contributed by atoms with Crippen LogP contribution in [0, 0.1) is 0 Å². The van der Waals surface area contributed by atoms with E-state index >= 15 is 0 Å². The summed E-state index contributed by atoms with van der Waals surface area (Å²) >= 11 is 0. The maximum Gasteiger partial charge on any atom is 0.407 e. The van der Waals surface area contributed by atoms with Crippen molar-refractivity contribution in [3.63, 3.8) is 0 Å². The lowest BCUT2D eigenvalue weighted by Crippen LogP contribution is -2.33. The van der Waals surface area contributed by atoms with Crippen LogP contribution >= 0.6 is 0 Å². The van der Waals surface area contributed by atoms with Crippen LogP contribution in [-0.2, 0) is 16.0 Å². The Kier molecular flexibility index (Phi) is 5.17. The van der Waals surface area contributed by atoms with E-state index in [1.165, 1.54) is 0 Å². The quantitative estimate of drug-likeness (QED) is 0.718. The number of hydrogen-bond donors (Lipinski definition) is 3. The predicted molar refractivity (Wildman–Crippen MR) is 111 cm³/mol. The van der Waals surface area contributed by atoms with Crippen LogP contribution in [-0.4, -0.2) is 41.4 Å². The van der Waals surface area contributed by atoms with Crippen molar-refractivity contribution in [1.29, 1.82) is 0 Å². The number of amides is 2. The maximum absolute atomic E-state index is 12.0. The lowest BCUT2D eigenvalue weighted by atomic mass is 10.0. The number of anilines is 3. The highest BCUT2D eigenvalue weighted by Crippen LogP contribution is 2.38. The summed E-state index contributed by atoms with van der Waals surface area (Å²) in [5.41, 5.74) is 3.83. The van der Waals surface area contributed by atoms with Crippen LogP contribution in [0.3, 0.4) is 0 Å². The number of carbonyl (C=O) groups is 2. The highest BCUT2D eigenvalue weighted by molar-refractivity contribution is 6.04. The molecule has 1 saturated carbocycles. The predicted octanol–water partition coefficient (Wildman–Crippen LogP) is 3.44. The lowest BCUT2D eigenvalue weighted by molar-refractivity contribution is -0.117. The number of ether oxygens (including phenoxy) is 1. The van der Waals surface area contributed by atoms with Crippen molar-refractivity contribution in [3.05, 3.63) is 35.5 Å². The van der Waals surface area contributed by atoms with Crippen LogP contribution < -0.4 is 15.5 Å². The molecule has 154 valence electrons. The standard InChI is InChI=1S/C21H27N5O3/c1-12(2)22-21(28)29-15-8-7-13(9-15)17-11-18(25-24-17)23-16-6-4-5-14-10-19(27)26(3)20(14)16/h4-6,11-13,15H,7-10H2,1-3H3,(H,22,28)(H2,23,24,25)/t13-,15?/m0/s1. The number of fused-ring (bicyclic) bond motifs is 1. The summed E-state index contributed by atoms with van der Waals surface area (Å²) < 4.78 is 5.51. The van der Waals surface area contributed by atoms with Crippen LogP contribution in [0.15, 0.2) is 24.3 Å². The van der Waals surface area contributed by atoms with Crippen molar-refractivity contribution in [2.75, 3.05) is 17.3 Å². The molecule has 2 heterocycles. The molecule has 2 aliphatic rings. The molecule has 1 aliphatic heterocycles. The molecule has 2 atom stereocenters. The molecule has 1 aromatic heterocycles. The molecule has 0 spiro atoms. The minimum absolute atomic E-state index is 0.0645. The Bertz CT molecular complexity index is 923. The summed E-state index contributed by atoms with van der Waals surface area (Å²) in [7, 11) is 1.80. The minimum atomic E-state index is -0.353. The third kappa shape index (κ3) is 4.06. The Balaban J connectivity index is 1.40. The first kappa shape index (κ1) is 19.3. The second-order valence-electron chi connectivity index (χ2n) is 8.11. The zero-order chi connectivity index (χ0) is 20.5. The number of carbonyl (C=O) groups excluding carboxylic acids is 2. The molecule has 3 N–H and O–H groups in total. The minimum Gasteiger partial charge on any atom is -0.446 e. The van der Waals surface area contributed by atoms with E-state index in [0.717, 1.165) is 41.9 Å². The molecule has 8 heteroatoms. The van der Waals surface area contributed by atoms with Gasteiger partial charge in [0, 0.05) is 30.8 Å². The van der Waals surface area contributed by atoms with Crippen LogP contribution in [0.4, 0.5) is 22.0 Å². The van der Waals surface area contributed by atoms with Gasteiger partial charge in [0.1, 0.15) is 6.10 Å². The smallest absolute Gasteiger partial charge is 0.407 e. The van der Waals surface area contributed by atoms with Crippen molar-refractivity contribution < 1.29 is 14.3 Å². The summed E-state index contributed by atoms with van der Waals surface area (Å²) in [4.78, 5) is 25.5. The molecule has 0 radical (unpaired) electrons. The number of hydrogen-bond acceptors (Lipinski definition) is 5. The third-order valence-electron chi connectivity index (χ3n) is 5.54. The second kappa shape index (κ2) is 7.77. The number of alkyl carbamates (subject to hydrolysis) is 1. The molecule has 29 heavy (non-hydrogen) atoms. The van der Waals surface area contributed by atoms with E-state index in [4.69, 9.17) is 4.74 Å². The van der Waals surface area contributed by atoms with E-state index in [1.54, 1.807) is 11.9 Å². The van der Waals surface area contributed by atoms with Crippen molar-refractivity contribution in [1.82, 2.24) is 15.5 Å². The van der Waals surface area contributed by atoms with Crippen LogP contribution in [0.2, 0.25) is 0 Å². The monoisotopic (exact) mass is 397 g/mol. The molecular formula is C21H27N5O3. The maximum atomic E-state index is 12.0. The number of aromatic amines is 1. The Morgan fingerprint density at radius 3 is 2.97 bits per heavy atom. The van der Waals surface area contributed by atoms with E-state index in [2.05, 4.69) is 20.8 Å². The van der Waals surface area contributed by atoms with Crippen LogP contribution in [0.1, 0.15) is 50.3 Å². The van der Waals surface area contributed by atoms with Gasteiger partial charge in [-0.3, -0.25) is 9.89 Å². The summed E-state index contributed by atoms with van der Waals surface area (Å²) in [6, 6.07) is 7.94. The molecule has 0 bridgehead atoms. The molecule has 1 aromatic carbocycles. The zero-order valence-electron chi connectivity index (χ0n) is 17.0. The fraction of sp³-hybridized carbons (Fsp3) is 0.476. The number of benzene rings is 1. The SMILES string of the molecule is CC(C)NC(=O)OC1CC[C@H](c2cc(Nc3cccc4c3N(C)C(=O)C4)n[nH]2)C1. The molecule has 2 amide bonds. The Morgan fingerprint density at radius 1 is 1.34 bits per heavy atom. The summed E-state index contributed by atoms with van der Waals surface area (Å²) in [6.45, 7) is 3.82. The van der Waals surface area contributed by atoms with E-state index in [9.17, 15) is 9.59 Å². The van der Waals surface area contributed by atoms with Crippen molar-refractivity contribution in [2.24, 2.45) is 0 Å². The van der Waals surface area contributed by atoms with Gasteiger partial charge >= 0.3 is 6.09 Å². The summed E-state index contributed by atoms with van der Waals surface area (Å²) in [5.74, 6) is 1.08. The number of para-hydroxylation sites is 1. The molecule has 4 rings (SSSR count). The topological polar surface area (TPSA) is 99.3 Å². The average Bonchev–Trinajstić information content (AvgIpc) is 3.35.